The van der Waals surface area contributed by atoms with Crippen molar-refractivity contribution in [1.82, 2.24) is 19.9 Å². The number of ether oxygens (including phenoxy) is 2. The van der Waals surface area contributed by atoms with Gasteiger partial charge in [0.25, 0.3) is 0 Å². The highest BCUT2D eigenvalue weighted by molar-refractivity contribution is 7.15. The van der Waals surface area contributed by atoms with E-state index in [4.69, 9.17) is 9.47 Å². The molecule has 5 rings (SSSR count). The number of nitrogens with one attached hydrogen (secondary N) is 2. The first-order valence-electron chi connectivity index (χ1n) is 15.8. The Kier molecular flexibility index (Phi) is 10.3. The third-order valence-electron chi connectivity index (χ3n) is 8.21. The highest BCUT2D eigenvalue weighted by atomic mass is 32.1. The van der Waals surface area contributed by atoms with E-state index in [2.05, 4.69) is 72.0 Å². The Balaban J connectivity index is 1.25. The lowest BCUT2D eigenvalue weighted by atomic mass is 9.63. The smallest absolute Gasteiger partial charge is 0.229 e. The van der Waals surface area contributed by atoms with Gasteiger partial charge in [0.2, 0.25) is 5.91 Å². The molecule has 2 aromatic heterocycles. The van der Waals surface area contributed by atoms with Crippen LogP contribution in [0.2, 0.25) is 0 Å². The fraction of sp³-hybridized carbons (Fsp3) is 0.457. The molecule has 0 spiro atoms. The Labute approximate surface area is 279 Å². The quantitative estimate of drug-likeness (QED) is 0.167. The highest BCUT2D eigenvalue weighted by Crippen LogP contribution is 2.48. The van der Waals surface area contributed by atoms with Crippen molar-refractivity contribution < 1.29 is 23.0 Å². The van der Waals surface area contributed by atoms with E-state index in [-0.39, 0.29) is 22.9 Å². The third-order valence-corrected chi connectivity index (χ3v) is 9.12. The second kappa shape index (κ2) is 14.1. The monoisotopic (exact) mass is 665 g/mol. The molecule has 1 amide bonds. The zero-order valence-corrected chi connectivity index (χ0v) is 28.9. The lowest BCUT2D eigenvalue weighted by molar-refractivity contribution is -0.115. The predicted molar refractivity (Wildman–Crippen MR) is 182 cm³/mol. The summed E-state index contributed by atoms with van der Waals surface area (Å²) >= 11 is 1.25. The van der Waals surface area contributed by atoms with Gasteiger partial charge in [0, 0.05) is 41.0 Å². The SMILES string of the molecule is COc1cc2c(Nc3ncc(CC(=O)Nc4cccc(F)c4F)s3)ncnc2cc1OCCN1CCC[C@@H]1[C](C(C)(C)C)C(C)(C)C. The minimum absolute atomic E-state index is 0.0573. The number of halogens is 2. The van der Waals surface area contributed by atoms with Gasteiger partial charge in [-0.3, -0.25) is 9.69 Å². The molecule has 47 heavy (non-hydrogen) atoms. The summed E-state index contributed by atoms with van der Waals surface area (Å²) < 4.78 is 39.5. The molecule has 0 unspecified atom stereocenters. The molecule has 4 aromatic rings. The van der Waals surface area contributed by atoms with Crippen molar-refractivity contribution in [2.45, 2.75) is 66.8 Å². The molecule has 2 N–H and O–H groups in total. The van der Waals surface area contributed by atoms with Gasteiger partial charge in [-0.05, 0) is 48.4 Å². The van der Waals surface area contributed by atoms with Crippen molar-refractivity contribution in [2.75, 3.05) is 37.4 Å². The summed E-state index contributed by atoms with van der Waals surface area (Å²) in [6.45, 7) is 16.3. The van der Waals surface area contributed by atoms with E-state index in [9.17, 15) is 13.6 Å². The first kappa shape index (κ1) is 34.4. The number of methoxy groups -OCH3 is 1. The van der Waals surface area contributed by atoms with E-state index >= 15 is 0 Å². The van der Waals surface area contributed by atoms with Gasteiger partial charge in [0.1, 0.15) is 18.8 Å². The van der Waals surface area contributed by atoms with Crippen molar-refractivity contribution in [2.24, 2.45) is 10.8 Å². The Hall–Kier alpha value is -3.90. The Morgan fingerprint density at radius 1 is 1.06 bits per heavy atom. The Morgan fingerprint density at radius 3 is 2.55 bits per heavy atom. The summed E-state index contributed by atoms with van der Waals surface area (Å²) in [6, 6.07) is 7.75. The first-order valence-corrected chi connectivity index (χ1v) is 16.6. The topological polar surface area (TPSA) is 102 Å². The molecule has 2 aromatic carbocycles. The molecule has 1 fully saturated rings. The van der Waals surface area contributed by atoms with E-state index in [1.54, 1.807) is 19.2 Å². The van der Waals surface area contributed by atoms with Gasteiger partial charge in [0.05, 0.1) is 24.7 Å². The zero-order chi connectivity index (χ0) is 33.9. The van der Waals surface area contributed by atoms with Crippen molar-refractivity contribution in [3.05, 3.63) is 65.3 Å². The average molecular weight is 666 g/mol. The lowest BCUT2D eigenvalue weighted by Crippen LogP contribution is -2.47. The molecule has 9 nitrogen and oxygen atoms in total. The number of carbonyl (C=O) groups excluding carboxylic acids is 1. The van der Waals surface area contributed by atoms with Crippen molar-refractivity contribution >= 4 is 44.8 Å². The second-order valence-electron chi connectivity index (χ2n) is 13.8. The fourth-order valence-electron chi connectivity index (χ4n) is 6.76. The van der Waals surface area contributed by atoms with E-state index in [0.717, 1.165) is 19.2 Å². The molecule has 1 atom stereocenters. The minimum atomic E-state index is -1.10. The number of rotatable bonds is 11. The fourth-order valence-corrected chi connectivity index (χ4v) is 7.57. The molecule has 0 saturated carbocycles. The van der Waals surface area contributed by atoms with Crippen LogP contribution in [0.5, 0.6) is 11.5 Å². The number of carbonyl (C=O) groups is 1. The predicted octanol–water partition coefficient (Wildman–Crippen LogP) is 7.81. The number of hydrogen-bond acceptors (Lipinski definition) is 9. The number of benzene rings is 2. The van der Waals surface area contributed by atoms with Crippen LogP contribution in [0, 0.1) is 28.4 Å². The molecule has 12 heteroatoms. The van der Waals surface area contributed by atoms with Crippen LogP contribution < -0.4 is 20.1 Å². The largest absolute Gasteiger partial charge is 0.493 e. The van der Waals surface area contributed by atoms with Gasteiger partial charge in [-0.1, -0.05) is 47.6 Å². The van der Waals surface area contributed by atoms with Crippen LogP contribution in [-0.2, 0) is 11.2 Å². The number of amides is 1. The van der Waals surface area contributed by atoms with Gasteiger partial charge in [-0.15, -0.1) is 11.3 Å². The standard InChI is InChI=1S/C35H43F2N6O3S/c1-34(2,3)31(35(4,5)6)26-12-9-13-43(26)14-15-46-28-18-25-22(17-27(28)45-7)32(40-20-39-25)42-33-38-19-21(47-33)16-29(44)41-24-11-8-10-23(36)30(24)37/h8,10-11,17-20,26H,9,12-16H2,1-7H3,(H,41,44)(H,38,39,40,42)/t26-/m1/s1. The summed E-state index contributed by atoms with van der Waals surface area (Å²) in [6.07, 6.45) is 5.30. The van der Waals surface area contributed by atoms with Gasteiger partial charge in [0.15, 0.2) is 28.3 Å². The number of fused-ring (bicyclic) bond motifs is 1. The molecular weight excluding hydrogens is 622 g/mol. The number of anilines is 3. The summed E-state index contributed by atoms with van der Waals surface area (Å²) in [5, 5.41) is 6.83. The molecule has 1 aliphatic heterocycles. The summed E-state index contributed by atoms with van der Waals surface area (Å²) in [5.41, 5.74) is 0.677. The van der Waals surface area contributed by atoms with E-state index in [1.807, 2.05) is 12.1 Å². The molecular formula is C35H43F2N6O3S. The number of thiazole rings is 1. The highest BCUT2D eigenvalue weighted by Gasteiger charge is 2.44. The Morgan fingerprint density at radius 2 is 1.83 bits per heavy atom. The van der Waals surface area contributed by atoms with Crippen molar-refractivity contribution in [3.63, 3.8) is 0 Å². The molecule has 251 valence electrons. The number of likely N-dealkylation sites (tertiary alicyclic amines) is 1. The Bertz CT molecular complexity index is 1700. The van der Waals surface area contributed by atoms with Gasteiger partial charge < -0.3 is 20.1 Å². The maximum atomic E-state index is 13.9. The summed E-state index contributed by atoms with van der Waals surface area (Å²) in [7, 11) is 1.60. The average Bonchev–Trinajstić information content (AvgIpc) is 3.62. The number of aromatic nitrogens is 3. The van der Waals surface area contributed by atoms with Gasteiger partial charge >= 0.3 is 0 Å². The summed E-state index contributed by atoms with van der Waals surface area (Å²) in [5.74, 6) is 0.643. The van der Waals surface area contributed by atoms with Gasteiger partial charge in [-0.25, -0.2) is 23.7 Å². The van der Waals surface area contributed by atoms with Crippen LogP contribution in [0.3, 0.4) is 0 Å². The second-order valence-corrected chi connectivity index (χ2v) is 14.9. The zero-order valence-electron chi connectivity index (χ0n) is 28.0. The summed E-state index contributed by atoms with van der Waals surface area (Å²) in [4.78, 5) is 28.9. The van der Waals surface area contributed by atoms with Gasteiger partial charge in [-0.2, -0.15) is 0 Å². The van der Waals surface area contributed by atoms with Crippen LogP contribution in [0.15, 0.2) is 42.9 Å². The van der Waals surface area contributed by atoms with E-state index in [1.165, 1.54) is 42.6 Å². The van der Waals surface area contributed by atoms with Crippen LogP contribution in [0.4, 0.5) is 25.4 Å². The minimum Gasteiger partial charge on any atom is -0.493 e. The molecule has 1 radical (unpaired) electrons. The lowest BCUT2D eigenvalue weighted by Gasteiger charge is -2.46. The normalized spacial score (nSPS) is 15.7. The van der Waals surface area contributed by atoms with Crippen molar-refractivity contribution in [3.8, 4) is 11.5 Å². The molecule has 1 saturated heterocycles. The molecule has 1 aliphatic rings. The van der Waals surface area contributed by atoms with E-state index < -0.39 is 17.5 Å². The van der Waals surface area contributed by atoms with Crippen LogP contribution in [0.1, 0.15) is 59.3 Å². The van der Waals surface area contributed by atoms with Crippen molar-refractivity contribution in [1.29, 1.82) is 0 Å². The molecule has 0 aliphatic carbocycles. The number of hydrogen-bond donors (Lipinski definition) is 2. The third kappa shape index (κ3) is 8.16. The first-order chi connectivity index (χ1) is 22.2. The maximum absolute atomic E-state index is 13.9. The van der Waals surface area contributed by atoms with Crippen LogP contribution in [0.25, 0.3) is 10.9 Å². The number of nitrogens with zero attached hydrogens (tertiary/aromatic N) is 4. The van der Waals surface area contributed by atoms with E-state index in [0.29, 0.717) is 50.9 Å². The van der Waals surface area contributed by atoms with Crippen LogP contribution in [-0.4, -0.2) is 58.6 Å². The molecule has 3 heterocycles. The van der Waals surface area contributed by atoms with Crippen LogP contribution >= 0.6 is 11.3 Å². The molecule has 0 bridgehead atoms. The maximum Gasteiger partial charge on any atom is 0.229 e.